The molecule has 0 fully saturated rings. The van der Waals surface area contributed by atoms with E-state index in [0.717, 1.165) is 5.56 Å². The molecular formula is C20H23FN2O3. The van der Waals surface area contributed by atoms with Gasteiger partial charge in [0, 0.05) is 25.1 Å². The monoisotopic (exact) mass is 358 g/mol. The number of nitrogens with one attached hydrogen (secondary N) is 2. The second-order valence-electron chi connectivity index (χ2n) is 5.74. The van der Waals surface area contributed by atoms with Gasteiger partial charge in [-0.15, -0.1) is 0 Å². The molecule has 0 saturated heterocycles. The lowest BCUT2D eigenvalue weighted by Crippen LogP contribution is -2.24. The van der Waals surface area contributed by atoms with Gasteiger partial charge in [-0.1, -0.05) is 12.1 Å². The summed E-state index contributed by atoms with van der Waals surface area (Å²) in [6, 6.07) is 12.9. The Kier molecular flexibility index (Phi) is 7.61. The van der Waals surface area contributed by atoms with Crippen molar-refractivity contribution < 1.29 is 18.7 Å². The van der Waals surface area contributed by atoms with Gasteiger partial charge in [-0.3, -0.25) is 9.59 Å². The molecule has 2 rings (SSSR count). The summed E-state index contributed by atoms with van der Waals surface area (Å²) < 4.78 is 18.2. The average molecular weight is 358 g/mol. The Morgan fingerprint density at radius 2 is 1.69 bits per heavy atom. The minimum absolute atomic E-state index is 0.0690. The average Bonchev–Trinajstić information content (AvgIpc) is 2.65. The van der Waals surface area contributed by atoms with Crippen LogP contribution in [0.3, 0.4) is 0 Å². The van der Waals surface area contributed by atoms with E-state index in [1.807, 2.05) is 19.1 Å². The molecule has 0 spiro atoms. The van der Waals surface area contributed by atoms with E-state index in [0.29, 0.717) is 43.9 Å². The minimum Gasteiger partial charge on any atom is -0.494 e. The van der Waals surface area contributed by atoms with Crippen LogP contribution >= 0.6 is 0 Å². The molecule has 2 N–H and O–H groups in total. The lowest BCUT2D eigenvalue weighted by molar-refractivity contribution is -0.121. The molecule has 2 aromatic rings. The highest BCUT2D eigenvalue weighted by atomic mass is 19.1. The van der Waals surface area contributed by atoms with E-state index >= 15 is 0 Å². The first kappa shape index (κ1) is 19.4. The molecule has 0 aliphatic heterocycles. The number of rotatable bonds is 9. The highest BCUT2D eigenvalue weighted by Crippen LogP contribution is 2.11. The maximum absolute atomic E-state index is 12.8. The van der Waals surface area contributed by atoms with Gasteiger partial charge in [0.2, 0.25) is 5.91 Å². The molecule has 0 aromatic heterocycles. The van der Waals surface area contributed by atoms with E-state index in [1.165, 1.54) is 12.1 Å². The normalized spacial score (nSPS) is 10.2. The third-order valence-corrected chi connectivity index (χ3v) is 3.67. The molecule has 0 saturated carbocycles. The number of halogens is 1. The summed E-state index contributed by atoms with van der Waals surface area (Å²) in [6.45, 7) is 3.25. The largest absolute Gasteiger partial charge is 0.494 e. The van der Waals surface area contributed by atoms with Crippen molar-refractivity contribution in [1.82, 2.24) is 10.6 Å². The summed E-state index contributed by atoms with van der Waals surface area (Å²) >= 11 is 0. The molecule has 0 unspecified atom stereocenters. The fourth-order valence-corrected chi connectivity index (χ4v) is 2.28. The number of ether oxygens (including phenoxy) is 1. The molecule has 0 bridgehead atoms. The van der Waals surface area contributed by atoms with Crippen LogP contribution in [-0.4, -0.2) is 25.0 Å². The molecule has 2 aromatic carbocycles. The van der Waals surface area contributed by atoms with Crippen LogP contribution < -0.4 is 15.4 Å². The van der Waals surface area contributed by atoms with Crippen molar-refractivity contribution in [2.24, 2.45) is 0 Å². The Morgan fingerprint density at radius 3 is 2.35 bits per heavy atom. The molecule has 6 heteroatoms. The van der Waals surface area contributed by atoms with E-state index in [1.54, 1.807) is 24.3 Å². The molecule has 0 aliphatic carbocycles. The molecule has 0 aliphatic rings. The van der Waals surface area contributed by atoms with Gasteiger partial charge in [-0.2, -0.15) is 0 Å². The smallest absolute Gasteiger partial charge is 0.251 e. The van der Waals surface area contributed by atoms with E-state index in [-0.39, 0.29) is 17.6 Å². The van der Waals surface area contributed by atoms with Crippen molar-refractivity contribution in [2.45, 2.75) is 26.3 Å². The van der Waals surface area contributed by atoms with Gasteiger partial charge in [0.25, 0.3) is 5.91 Å². The number of hydrogen-bond acceptors (Lipinski definition) is 3. The number of hydrogen-bond donors (Lipinski definition) is 2. The van der Waals surface area contributed by atoms with E-state index < -0.39 is 0 Å². The van der Waals surface area contributed by atoms with E-state index in [4.69, 9.17) is 4.74 Å². The first-order valence-electron chi connectivity index (χ1n) is 8.60. The lowest BCUT2D eigenvalue weighted by atomic mass is 10.1. The predicted molar refractivity (Wildman–Crippen MR) is 97.4 cm³/mol. The maximum atomic E-state index is 12.8. The topological polar surface area (TPSA) is 67.4 Å². The number of carbonyl (C=O) groups excluding carboxylic acids is 2. The Labute approximate surface area is 152 Å². The SMILES string of the molecule is CCNC(=O)c1ccc(CNC(=O)CCCOc2ccc(F)cc2)cc1. The molecule has 5 nitrogen and oxygen atoms in total. The van der Waals surface area contributed by atoms with Crippen molar-refractivity contribution in [3.8, 4) is 5.75 Å². The van der Waals surface area contributed by atoms with Crippen LogP contribution in [0.4, 0.5) is 4.39 Å². The van der Waals surface area contributed by atoms with Gasteiger partial charge in [0.1, 0.15) is 11.6 Å². The molecule has 138 valence electrons. The zero-order valence-electron chi connectivity index (χ0n) is 14.8. The van der Waals surface area contributed by atoms with Gasteiger partial charge >= 0.3 is 0 Å². The number of benzene rings is 2. The molecule has 0 atom stereocenters. The van der Waals surface area contributed by atoms with Crippen molar-refractivity contribution in [2.75, 3.05) is 13.2 Å². The Morgan fingerprint density at radius 1 is 1.00 bits per heavy atom. The van der Waals surface area contributed by atoms with Gasteiger partial charge in [0.15, 0.2) is 0 Å². The van der Waals surface area contributed by atoms with Crippen molar-refractivity contribution in [1.29, 1.82) is 0 Å². The van der Waals surface area contributed by atoms with Crippen LogP contribution in [-0.2, 0) is 11.3 Å². The maximum Gasteiger partial charge on any atom is 0.251 e. The summed E-state index contributed by atoms with van der Waals surface area (Å²) in [6.07, 6.45) is 0.914. The van der Waals surface area contributed by atoms with Crippen LogP contribution in [0.2, 0.25) is 0 Å². The van der Waals surface area contributed by atoms with E-state index in [2.05, 4.69) is 10.6 Å². The Hall–Kier alpha value is -2.89. The van der Waals surface area contributed by atoms with Crippen LogP contribution in [0.25, 0.3) is 0 Å². The van der Waals surface area contributed by atoms with Crippen molar-refractivity contribution in [3.05, 3.63) is 65.5 Å². The molecule has 0 radical (unpaired) electrons. The predicted octanol–water partition coefficient (Wildman–Crippen LogP) is 3.05. The summed E-state index contributed by atoms with van der Waals surface area (Å²) in [5.74, 6) is 0.0968. The second-order valence-corrected chi connectivity index (χ2v) is 5.74. The highest BCUT2D eigenvalue weighted by molar-refractivity contribution is 5.94. The highest BCUT2D eigenvalue weighted by Gasteiger charge is 2.05. The van der Waals surface area contributed by atoms with Crippen molar-refractivity contribution >= 4 is 11.8 Å². The van der Waals surface area contributed by atoms with Crippen LogP contribution in [0.5, 0.6) is 5.75 Å². The summed E-state index contributed by atoms with van der Waals surface area (Å²) in [5, 5.41) is 5.57. The molecule has 2 amide bonds. The third-order valence-electron chi connectivity index (χ3n) is 3.67. The van der Waals surface area contributed by atoms with Gasteiger partial charge < -0.3 is 15.4 Å². The standard InChI is InChI=1S/C20H23FN2O3/c1-2-22-20(25)16-7-5-15(6-8-16)14-23-19(24)4-3-13-26-18-11-9-17(21)10-12-18/h5-12H,2-4,13-14H2,1H3,(H,22,25)(H,23,24). The fraction of sp³-hybridized carbons (Fsp3) is 0.300. The quantitative estimate of drug-likeness (QED) is 0.677. The summed E-state index contributed by atoms with van der Waals surface area (Å²) in [5.41, 5.74) is 1.52. The first-order chi connectivity index (χ1) is 12.6. The second kappa shape index (κ2) is 10.2. The van der Waals surface area contributed by atoms with Gasteiger partial charge in [-0.25, -0.2) is 4.39 Å². The number of amides is 2. The van der Waals surface area contributed by atoms with Crippen molar-refractivity contribution in [3.63, 3.8) is 0 Å². The van der Waals surface area contributed by atoms with Crippen LogP contribution in [0.15, 0.2) is 48.5 Å². The third kappa shape index (κ3) is 6.55. The summed E-state index contributed by atoms with van der Waals surface area (Å²) in [7, 11) is 0. The first-order valence-corrected chi connectivity index (χ1v) is 8.60. The lowest BCUT2D eigenvalue weighted by Gasteiger charge is -2.08. The van der Waals surface area contributed by atoms with E-state index in [9.17, 15) is 14.0 Å². The molecule has 26 heavy (non-hydrogen) atoms. The zero-order valence-corrected chi connectivity index (χ0v) is 14.8. The number of carbonyl (C=O) groups is 2. The minimum atomic E-state index is -0.309. The zero-order chi connectivity index (χ0) is 18.8. The summed E-state index contributed by atoms with van der Waals surface area (Å²) in [4.78, 5) is 23.5. The van der Waals surface area contributed by atoms with Crippen LogP contribution in [0, 0.1) is 5.82 Å². The van der Waals surface area contributed by atoms with Crippen LogP contribution in [0.1, 0.15) is 35.7 Å². The van der Waals surface area contributed by atoms with Gasteiger partial charge in [-0.05, 0) is 55.3 Å². The van der Waals surface area contributed by atoms with Gasteiger partial charge in [0.05, 0.1) is 6.61 Å². The fourth-order valence-electron chi connectivity index (χ4n) is 2.28. The molecule has 0 heterocycles. The Balaban J connectivity index is 1.65. The molecular weight excluding hydrogens is 335 g/mol. The Bertz CT molecular complexity index is 715.